The molecule has 4 atom stereocenters. The summed E-state index contributed by atoms with van der Waals surface area (Å²) in [6, 6.07) is 0.255. The first-order valence-corrected chi connectivity index (χ1v) is 7.56. The lowest BCUT2D eigenvalue weighted by atomic mass is 9.84. The number of nitrogens with zero attached hydrogens (tertiary/aromatic N) is 1. The van der Waals surface area contributed by atoms with Crippen molar-refractivity contribution in [3.8, 4) is 0 Å². The number of aliphatic hydroxyl groups excluding tert-OH is 1. The van der Waals surface area contributed by atoms with Gasteiger partial charge < -0.3 is 20.1 Å². The van der Waals surface area contributed by atoms with Crippen molar-refractivity contribution in [2.45, 2.75) is 44.2 Å². The number of hydrogen-bond donors (Lipinski definition) is 2. The Morgan fingerprint density at radius 2 is 2.25 bits per heavy atom. The molecule has 3 rings (SSSR count). The van der Waals surface area contributed by atoms with Gasteiger partial charge in [0.15, 0.2) is 0 Å². The highest BCUT2D eigenvalue weighted by Gasteiger charge is 2.52. The first kappa shape index (κ1) is 13.7. The number of nitrogens with one attached hydrogen (secondary N) is 1. The SMILES string of the molecule is O=C(NCCO)OC1CC2CC1[C@H]1CCCCN1C2=O. The highest BCUT2D eigenvalue weighted by atomic mass is 16.6. The molecule has 0 spiro atoms. The Labute approximate surface area is 118 Å². The van der Waals surface area contributed by atoms with Crippen LogP contribution in [0.5, 0.6) is 0 Å². The van der Waals surface area contributed by atoms with E-state index >= 15 is 0 Å². The average molecular weight is 282 g/mol. The minimum atomic E-state index is -0.480. The zero-order valence-electron chi connectivity index (χ0n) is 11.6. The third-order valence-electron chi connectivity index (χ3n) is 4.87. The zero-order valence-corrected chi connectivity index (χ0v) is 11.6. The third kappa shape index (κ3) is 2.37. The van der Waals surface area contributed by atoms with Gasteiger partial charge in [0.1, 0.15) is 6.10 Å². The Balaban J connectivity index is 1.66. The molecule has 6 nitrogen and oxygen atoms in total. The fourth-order valence-corrected chi connectivity index (χ4v) is 4.02. The molecule has 2 bridgehead atoms. The van der Waals surface area contributed by atoms with Crippen LogP contribution in [0.2, 0.25) is 0 Å². The molecule has 2 heterocycles. The smallest absolute Gasteiger partial charge is 0.407 e. The molecule has 6 heteroatoms. The first-order chi connectivity index (χ1) is 9.70. The van der Waals surface area contributed by atoms with Crippen LogP contribution in [0.1, 0.15) is 32.1 Å². The van der Waals surface area contributed by atoms with E-state index in [-0.39, 0.29) is 43.0 Å². The van der Waals surface area contributed by atoms with Gasteiger partial charge in [-0.3, -0.25) is 4.79 Å². The number of alkyl carbamates (subject to hydrolysis) is 1. The van der Waals surface area contributed by atoms with Crippen LogP contribution in [-0.4, -0.2) is 53.8 Å². The van der Waals surface area contributed by atoms with E-state index in [1.807, 2.05) is 4.90 Å². The standard InChI is InChI=1S/C14H22N2O4/c17-6-4-15-14(19)20-12-8-9-7-10(12)11-3-1-2-5-16(11)13(9)18/h9-12,17H,1-8H2,(H,15,19)/t9?,10?,11-,12?/m1/s1. The summed E-state index contributed by atoms with van der Waals surface area (Å²) in [6.07, 6.45) is 4.15. The van der Waals surface area contributed by atoms with Gasteiger partial charge in [-0.25, -0.2) is 4.79 Å². The van der Waals surface area contributed by atoms with Crippen LogP contribution in [0.15, 0.2) is 0 Å². The molecule has 0 aromatic rings. The zero-order chi connectivity index (χ0) is 14.1. The number of carbonyl (C=O) groups excluding carboxylic acids is 2. The van der Waals surface area contributed by atoms with Gasteiger partial charge in [0.05, 0.1) is 6.61 Å². The predicted octanol–water partition coefficient (Wildman–Crippen LogP) is 0.494. The molecule has 2 amide bonds. The van der Waals surface area contributed by atoms with Crippen LogP contribution in [-0.2, 0) is 9.53 Å². The summed E-state index contributed by atoms with van der Waals surface area (Å²) < 4.78 is 5.48. The molecule has 2 aliphatic heterocycles. The Bertz CT molecular complexity index is 401. The highest BCUT2D eigenvalue weighted by molar-refractivity contribution is 5.81. The second-order valence-corrected chi connectivity index (χ2v) is 6.02. The number of aliphatic hydroxyl groups is 1. The summed E-state index contributed by atoms with van der Waals surface area (Å²) >= 11 is 0. The monoisotopic (exact) mass is 282 g/mol. The summed E-state index contributed by atoms with van der Waals surface area (Å²) in [5.41, 5.74) is 0. The van der Waals surface area contributed by atoms with Crippen LogP contribution in [0.4, 0.5) is 4.79 Å². The fourth-order valence-electron chi connectivity index (χ4n) is 4.02. The number of hydrogen-bond acceptors (Lipinski definition) is 4. The normalized spacial score (nSPS) is 35.6. The predicted molar refractivity (Wildman–Crippen MR) is 70.9 cm³/mol. The summed E-state index contributed by atoms with van der Waals surface area (Å²) in [5.74, 6) is 0.579. The number of fused-ring (bicyclic) bond motifs is 4. The number of piperidine rings is 2. The minimum absolute atomic E-state index is 0.0324. The number of rotatable bonds is 3. The Morgan fingerprint density at radius 1 is 1.40 bits per heavy atom. The van der Waals surface area contributed by atoms with Crippen molar-refractivity contribution in [1.29, 1.82) is 0 Å². The van der Waals surface area contributed by atoms with E-state index in [2.05, 4.69) is 5.32 Å². The minimum Gasteiger partial charge on any atom is -0.446 e. The molecule has 0 aromatic carbocycles. The molecule has 3 unspecified atom stereocenters. The fraction of sp³-hybridized carbons (Fsp3) is 0.857. The van der Waals surface area contributed by atoms with E-state index in [0.717, 1.165) is 32.2 Å². The van der Waals surface area contributed by atoms with Crippen LogP contribution in [0.3, 0.4) is 0 Å². The summed E-state index contributed by atoms with van der Waals surface area (Å²) in [5, 5.41) is 11.2. The second kappa shape index (κ2) is 5.60. The van der Waals surface area contributed by atoms with Gasteiger partial charge in [0.25, 0.3) is 0 Å². The molecule has 1 aliphatic carbocycles. The van der Waals surface area contributed by atoms with Crippen molar-refractivity contribution < 1.29 is 19.4 Å². The first-order valence-electron chi connectivity index (χ1n) is 7.56. The molecule has 0 aromatic heterocycles. The van der Waals surface area contributed by atoms with Crippen molar-refractivity contribution in [1.82, 2.24) is 10.2 Å². The van der Waals surface area contributed by atoms with Gasteiger partial charge in [-0.2, -0.15) is 0 Å². The van der Waals surface area contributed by atoms with Gasteiger partial charge in [-0.05, 0) is 32.1 Å². The molecular formula is C14H22N2O4. The summed E-state index contributed by atoms with van der Waals surface area (Å²) in [6.45, 7) is 0.967. The lowest BCUT2D eigenvalue weighted by molar-refractivity contribution is -0.143. The number of ether oxygens (including phenoxy) is 1. The topological polar surface area (TPSA) is 78.9 Å². The maximum absolute atomic E-state index is 12.4. The van der Waals surface area contributed by atoms with E-state index in [9.17, 15) is 9.59 Å². The average Bonchev–Trinajstić information content (AvgIpc) is 2.83. The summed E-state index contributed by atoms with van der Waals surface area (Å²) in [7, 11) is 0. The van der Waals surface area contributed by atoms with Crippen molar-refractivity contribution >= 4 is 12.0 Å². The van der Waals surface area contributed by atoms with Gasteiger partial charge in [0.2, 0.25) is 5.91 Å². The van der Waals surface area contributed by atoms with E-state index in [1.54, 1.807) is 0 Å². The maximum Gasteiger partial charge on any atom is 0.407 e. The van der Waals surface area contributed by atoms with E-state index in [0.29, 0.717) is 6.42 Å². The van der Waals surface area contributed by atoms with Gasteiger partial charge in [-0.15, -0.1) is 0 Å². The Hall–Kier alpha value is -1.30. The lowest BCUT2D eigenvalue weighted by Crippen LogP contribution is -2.53. The van der Waals surface area contributed by atoms with Gasteiger partial charge in [0, 0.05) is 31.0 Å². The van der Waals surface area contributed by atoms with E-state index in [4.69, 9.17) is 9.84 Å². The van der Waals surface area contributed by atoms with Crippen LogP contribution in [0, 0.1) is 11.8 Å². The Kier molecular flexibility index (Phi) is 3.83. The third-order valence-corrected chi connectivity index (χ3v) is 4.87. The van der Waals surface area contributed by atoms with Gasteiger partial charge in [-0.1, -0.05) is 0 Å². The van der Waals surface area contributed by atoms with Crippen LogP contribution in [0.25, 0.3) is 0 Å². The van der Waals surface area contributed by atoms with Gasteiger partial charge >= 0.3 is 6.09 Å². The van der Waals surface area contributed by atoms with Crippen molar-refractivity contribution in [3.63, 3.8) is 0 Å². The van der Waals surface area contributed by atoms with Crippen LogP contribution < -0.4 is 5.32 Å². The molecule has 3 fully saturated rings. The highest BCUT2D eigenvalue weighted by Crippen LogP contribution is 2.45. The Morgan fingerprint density at radius 3 is 3.05 bits per heavy atom. The summed E-state index contributed by atoms with van der Waals surface area (Å²) in [4.78, 5) is 26.0. The van der Waals surface area contributed by atoms with Crippen molar-refractivity contribution in [2.75, 3.05) is 19.7 Å². The molecule has 2 saturated heterocycles. The second-order valence-electron chi connectivity index (χ2n) is 6.02. The molecule has 112 valence electrons. The van der Waals surface area contributed by atoms with E-state index in [1.165, 1.54) is 0 Å². The molecule has 2 N–H and O–H groups in total. The maximum atomic E-state index is 12.4. The van der Waals surface area contributed by atoms with Crippen molar-refractivity contribution in [2.24, 2.45) is 11.8 Å². The largest absolute Gasteiger partial charge is 0.446 e. The van der Waals surface area contributed by atoms with Crippen LogP contribution >= 0.6 is 0 Å². The number of carbonyl (C=O) groups is 2. The molecule has 1 saturated carbocycles. The quantitative estimate of drug-likeness (QED) is 0.790. The molecule has 0 radical (unpaired) electrons. The molecular weight excluding hydrogens is 260 g/mol. The number of amides is 2. The van der Waals surface area contributed by atoms with Crippen molar-refractivity contribution in [3.05, 3.63) is 0 Å². The molecule has 20 heavy (non-hydrogen) atoms. The van der Waals surface area contributed by atoms with E-state index < -0.39 is 6.09 Å². The lowest BCUT2D eigenvalue weighted by Gasteiger charge is -2.43. The molecule has 3 aliphatic rings.